The maximum Gasteiger partial charge on any atom is 0.266 e. The summed E-state index contributed by atoms with van der Waals surface area (Å²) in [6.07, 6.45) is 2.84. The highest BCUT2D eigenvalue weighted by atomic mass is 127. The highest BCUT2D eigenvalue weighted by Gasteiger charge is 2.11. The number of aromatic nitrogens is 1. The molecule has 0 atom stereocenters. The Balaban J connectivity index is 2.14. The molecule has 0 aliphatic heterocycles. The fourth-order valence-electron chi connectivity index (χ4n) is 0.910. The Labute approximate surface area is 97.4 Å². The molecule has 0 aliphatic carbocycles. The molecule has 0 bridgehead atoms. The van der Waals surface area contributed by atoms with Gasteiger partial charge in [0.1, 0.15) is 16.8 Å². The van der Waals surface area contributed by atoms with Gasteiger partial charge < -0.3 is 9.84 Å². The molecular weight excluding hydrogens is 315 g/mol. The van der Waals surface area contributed by atoms with Gasteiger partial charge in [0.25, 0.3) is 5.91 Å². The van der Waals surface area contributed by atoms with Gasteiger partial charge in [0.2, 0.25) is 0 Å². The van der Waals surface area contributed by atoms with Crippen LogP contribution in [0.1, 0.15) is 9.67 Å². The molecule has 14 heavy (non-hydrogen) atoms. The van der Waals surface area contributed by atoms with E-state index in [0.717, 1.165) is 3.57 Å². The molecule has 2 heterocycles. The minimum atomic E-state index is -0.132. The summed E-state index contributed by atoms with van der Waals surface area (Å²) in [5.41, 5.74) is 0.569. The largest absolute Gasteiger partial charge is 0.363 e. The van der Waals surface area contributed by atoms with E-state index < -0.39 is 0 Å². The van der Waals surface area contributed by atoms with Crippen molar-refractivity contribution in [2.75, 3.05) is 5.32 Å². The molecule has 1 amide bonds. The van der Waals surface area contributed by atoms with Crippen molar-refractivity contribution in [3.63, 3.8) is 0 Å². The van der Waals surface area contributed by atoms with Crippen molar-refractivity contribution in [2.24, 2.45) is 0 Å². The molecule has 0 spiro atoms. The van der Waals surface area contributed by atoms with Gasteiger partial charge in [0.05, 0.1) is 6.20 Å². The van der Waals surface area contributed by atoms with Crippen molar-refractivity contribution in [3.05, 3.63) is 32.4 Å². The number of rotatable bonds is 2. The summed E-state index contributed by atoms with van der Waals surface area (Å²) in [5, 5.41) is 8.05. The van der Waals surface area contributed by atoms with E-state index in [0.29, 0.717) is 10.6 Å². The molecule has 6 heteroatoms. The molecular formula is C8H5IN2O2S. The molecule has 0 aromatic carbocycles. The van der Waals surface area contributed by atoms with Crippen LogP contribution in [0, 0.1) is 3.57 Å². The van der Waals surface area contributed by atoms with E-state index in [1.165, 1.54) is 23.8 Å². The lowest BCUT2D eigenvalue weighted by Gasteiger charge is -1.98. The van der Waals surface area contributed by atoms with Crippen molar-refractivity contribution in [1.82, 2.24) is 5.16 Å². The maximum absolute atomic E-state index is 11.6. The predicted molar refractivity (Wildman–Crippen MR) is 61.5 cm³/mol. The Morgan fingerprint density at radius 3 is 3.07 bits per heavy atom. The van der Waals surface area contributed by atoms with Gasteiger partial charge in [-0.1, -0.05) is 5.16 Å². The number of nitrogens with one attached hydrogen (secondary N) is 1. The third-order valence-electron chi connectivity index (χ3n) is 1.51. The third-order valence-corrected chi connectivity index (χ3v) is 3.69. The topological polar surface area (TPSA) is 55.1 Å². The molecule has 2 aromatic rings. The molecule has 0 fully saturated rings. The fourth-order valence-corrected chi connectivity index (χ4v) is 2.64. The van der Waals surface area contributed by atoms with Crippen LogP contribution in [0.5, 0.6) is 0 Å². The number of hydrogen-bond donors (Lipinski definition) is 1. The van der Waals surface area contributed by atoms with Crippen molar-refractivity contribution >= 4 is 45.5 Å². The lowest BCUT2D eigenvalue weighted by Crippen LogP contribution is -2.10. The number of anilines is 1. The summed E-state index contributed by atoms with van der Waals surface area (Å²) in [4.78, 5) is 12.3. The summed E-state index contributed by atoms with van der Waals surface area (Å²) in [6, 6.07) is 1.90. The molecule has 72 valence electrons. The quantitative estimate of drug-likeness (QED) is 0.866. The van der Waals surface area contributed by atoms with Crippen LogP contribution in [-0.2, 0) is 0 Å². The highest BCUT2D eigenvalue weighted by Crippen LogP contribution is 2.20. The van der Waals surface area contributed by atoms with E-state index in [1.807, 2.05) is 11.4 Å². The smallest absolute Gasteiger partial charge is 0.266 e. The molecule has 0 radical (unpaired) electrons. The summed E-state index contributed by atoms with van der Waals surface area (Å²) < 4.78 is 5.55. The van der Waals surface area contributed by atoms with Crippen molar-refractivity contribution < 1.29 is 9.32 Å². The first kappa shape index (κ1) is 9.66. The lowest BCUT2D eigenvalue weighted by molar-refractivity contribution is 0.102. The molecule has 0 unspecified atom stereocenters. The number of amides is 1. The third kappa shape index (κ3) is 1.95. The number of halogens is 1. The second-order valence-corrected chi connectivity index (χ2v) is 4.54. The van der Waals surface area contributed by atoms with E-state index >= 15 is 0 Å². The van der Waals surface area contributed by atoms with Crippen molar-refractivity contribution in [3.8, 4) is 0 Å². The molecule has 2 aromatic heterocycles. The normalized spacial score (nSPS) is 10.1. The monoisotopic (exact) mass is 320 g/mol. The van der Waals surface area contributed by atoms with Crippen molar-refractivity contribution in [1.29, 1.82) is 0 Å². The van der Waals surface area contributed by atoms with E-state index in [-0.39, 0.29) is 5.91 Å². The minimum absolute atomic E-state index is 0.132. The van der Waals surface area contributed by atoms with Crippen LogP contribution in [0.15, 0.2) is 28.4 Å². The second kappa shape index (κ2) is 4.09. The molecule has 0 saturated heterocycles. The van der Waals surface area contributed by atoms with Gasteiger partial charge in [-0.05, 0) is 34.0 Å². The zero-order chi connectivity index (χ0) is 9.97. The van der Waals surface area contributed by atoms with Gasteiger partial charge in [-0.15, -0.1) is 11.3 Å². The van der Waals surface area contributed by atoms with Crippen LogP contribution in [0.25, 0.3) is 0 Å². The number of carbonyl (C=O) groups excluding carboxylic acids is 1. The SMILES string of the molecule is O=C(Nc1cnoc1)c1sccc1I. The number of hydrogen-bond acceptors (Lipinski definition) is 4. The van der Waals surface area contributed by atoms with Crippen LogP contribution in [0.4, 0.5) is 5.69 Å². The maximum atomic E-state index is 11.6. The van der Waals surface area contributed by atoms with Crippen LogP contribution in [0.3, 0.4) is 0 Å². The van der Waals surface area contributed by atoms with Crippen LogP contribution in [-0.4, -0.2) is 11.1 Å². The zero-order valence-corrected chi connectivity index (χ0v) is 9.83. The predicted octanol–water partition coefficient (Wildman–Crippen LogP) is 2.59. The van der Waals surface area contributed by atoms with E-state index in [2.05, 4.69) is 37.6 Å². The average Bonchev–Trinajstić information content (AvgIpc) is 2.75. The van der Waals surface area contributed by atoms with Crippen LogP contribution in [0.2, 0.25) is 0 Å². The Hall–Kier alpha value is -0.890. The Morgan fingerprint density at radius 1 is 1.64 bits per heavy atom. The lowest BCUT2D eigenvalue weighted by atomic mass is 10.4. The zero-order valence-electron chi connectivity index (χ0n) is 6.86. The van der Waals surface area contributed by atoms with Crippen LogP contribution < -0.4 is 5.32 Å². The first-order valence-electron chi connectivity index (χ1n) is 3.71. The van der Waals surface area contributed by atoms with Gasteiger partial charge in [-0.2, -0.15) is 0 Å². The van der Waals surface area contributed by atoms with Gasteiger partial charge in [0.15, 0.2) is 0 Å². The molecule has 2 rings (SSSR count). The number of thiophene rings is 1. The van der Waals surface area contributed by atoms with Gasteiger partial charge in [-0.25, -0.2) is 0 Å². The number of nitrogens with zero attached hydrogens (tertiary/aromatic N) is 1. The Morgan fingerprint density at radius 2 is 2.50 bits per heavy atom. The van der Waals surface area contributed by atoms with Crippen LogP contribution >= 0.6 is 33.9 Å². The van der Waals surface area contributed by atoms with E-state index in [9.17, 15) is 4.79 Å². The standard InChI is InChI=1S/C8H5IN2O2S/c9-6-1-2-14-7(6)8(12)11-5-3-10-13-4-5/h1-4H,(H,11,12). The molecule has 0 saturated carbocycles. The van der Waals surface area contributed by atoms with Gasteiger partial charge in [0, 0.05) is 3.57 Å². The Kier molecular flexibility index (Phi) is 2.82. The molecule has 4 nitrogen and oxygen atoms in total. The van der Waals surface area contributed by atoms with Crippen molar-refractivity contribution in [2.45, 2.75) is 0 Å². The fraction of sp³-hybridized carbons (Fsp3) is 0. The summed E-state index contributed by atoms with van der Waals surface area (Å²) in [5.74, 6) is -0.132. The summed E-state index contributed by atoms with van der Waals surface area (Å²) >= 11 is 3.53. The molecule has 0 aliphatic rings. The van der Waals surface area contributed by atoms with Gasteiger partial charge >= 0.3 is 0 Å². The summed E-state index contributed by atoms with van der Waals surface area (Å²) in [6.45, 7) is 0. The van der Waals surface area contributed by atoms with E-state index in [1.54, 1.807) is 0 Å². The van der Waals surface area contributed by atoms with Gasteiger partial charge in [-0.3, -0.25) is 4.79 Å². The second-order valence-electron chi connectivity index (χ2n) is 2.46. The average molecular weight is 320 g/mol. The first-order valence-corrected chi connectivity index (χ1v) is 5.67. The Bertz CT molecular complexity index is 438. The van der Waals surface area contributed by atoms with E-state index in [4.69, 9.17) is 0 Å². The molecule has 1 N–H and O–H groups in total. The summed E-state index contributed by atoms with van der Waals surface area (Å²) in [7, 11) is 0. The highest BCUT2D eigenvalue weighted by molar-refractivity contribution is 14.1. The minimum Gasteiger partial charge on any atom is -0.363 e. The first-order chi connectivity index (χ1) is 6.77. The number of carbonyl (C=O) groups is 1.